The minimum absolute atomic E-state index is 0.0627. The number of nitrogens with zero attached hydrogens (tertiary/aromatic N) is 2. The van der Waals surface area contributed by atoms with Gasteiger partial charge in [-0.15, -0.1) is 0 Å². The van der Waals surface area contributed by atoms with E-state index in [1.807, 2.05) is 36.4 Å². The number of carbonyl (C=O) groups excluding carboxylic acids is 3. The molecule has 4 rings (SSSR count). The normalized spacial score (nSPS) is 16.5. The lowest BCUT2D eigenvalue weighted by Gasteiger charge is -2.35. The third-order valence-electron chi connectivity index (χ3n) is 7.58. The quantitative estimate of drug-likeness (QED) is 0.295. The summed E-state index contributed by atoms with van der Waals surface area (Å²) in [6, 6.07) is 23.9. The summed E-state index contributed by atoms with van der Waals surface area (Å²) in [5, 5.41) is 24.0. The van der Waals surface area contributed by atoms with E-state index in [0.29, 0.717) is 18.4 Å². The van der Waals surface area contributed by atoms with Crippen LogP contribution in [0.25, 0.3) is 0 Å². The van der Waals surface area contributed by atoms with Gasteiger partial charge in [0.15, 0.2) is 0 Å². The lowest BCUT2D eigenvalue weighted by molar-refractivity contribution is -0.150. The fourth-order valence-electron chi connectivity index (χ4n) is 5.17. The maximum Gasteiger partial charge on any atom is 0.410 e. The Labute approximate surface area is 250 Å². The number of carboxylic acid groups (broad SMARTS) is 1. The van der Waals surface area contributed by atoms with Gasteiger partial charge >= 0.3 is 12.1 Å². The van der Waals surface area contributed by atoms with Crippen molar-refractivity contribution in [2.45, 2.75) is 57.0 Å². The Kier molecular flexibility index (Phi) is 10.9. The predicted molar refractivity (Wildman–Crippen MR) is 159 cm³/mol. The van der Waals surface area contributed by atoms with Crippen LogP contribution in [0.15, 0.2) is 91.0 Å². The average molecular weight is 588 g/mol. The number of hydrogen-bond acceptors (Lipinski definition) is 6. The van der Waals surface area contributed by atoms with Crippen LogP contribution < -0.4 is 5.32 Å². The van der Waals surface area contributed by atoms with Crippen LogP contribution in [0.1, 0.15) is 41.3 Å². The van der Waals surface area contributed by atoms with E-state index in [4.69, 9.17) is 4.74 Å². The zero-order chi connectivity index (χ0) is 30.8. The SMILES string of the molecule is C[C@@H](C(=O)N1CCC[C@H]1C(=O)O)N(CC(O)C(Cc1ccccc1)NC(=O)c1ccccc1)C(=O)OCc1ccccc1. The van der Waals surface area contributed by atoms with E-state index < -0.39 is 48.1 Å². The van der Waals surface area contributed by atoms with Crippen LogP contribution in [0.4, 0.5) is 4.79 Å². The van der Waals surface area contributed by atoms with Crippen molar-refractivity contribution < 1.29 is 34.1 Å². The molecule has 226 valence electrons. The highest BCUT2D eigenvalue weighted by Gasteiger charge is 2.40. The van der Waals surface area contributed by atoms with Gasteiger partial charge in [0.05, 0.1) is 18.7 Å². The second-order valence-electron chi connectivity index (χ2n) is 10.6. The highest BCUT2D eigenvalue weighted by molar-refractivity contribution is 5.94. The molecule has 0 aliphatic carbocycles. The third-order valence-corrected chi connectivity index (χ3v) is 7.58. The highest BCUT2D eigenvalue weighted by Crippen LogP contribution is 2.21. The zero-order valence-corrected chi connectivity index (χ0v) is 24.0. The van der Waals surface area contributed by atoms with Crippen molar-refractivity contribution >= 4 is 23.9 Å². The molecule has 0 radical (unpaired) electrons. The van der Waals surface area contributed by atoms with Crippen LogP contribution in [0.2, 0.25) is 0 Å². The Hall–Kier alpha value is -4.70. The number of likely N-dealkylation sites (tertiary alicyclic amines) is 1. The molecule has 0 bridgehead atoms. The number of carboxylic acids is 1. The summed E-state index contributed by atoms with van der Waals surface area (Å²) in [7, 11) is 0. The highest BCUT2D eigenvalue weighted by atomic mass is 16.6. The summed E-state index contributed by atoms with van der Waals surface area (Å²) in [5.74, 6) is -2.06. The first kappa shape index (κ1) is 31.2. The van der Waals surface area contributed by atoms with Crippen LogP contribution >= 0.6 is 0 Å². The number of hydrogen-bond donors (Lipinski definition) is 3. The van der Waals surface area contributed by atoms with E-state index in [1.54, 1.807) is 54.6 Å². The zero-order valence-electron chi connectivity index (χ0n) is 24.0. The molecule has 0 saturated carbocycles. The van der Waals surface area contributed by atoms with E-state index in [1.165, 1.54) is 11.8 Å². The number of aliphatic hydroxyl groups is 1. The number of carbonyl (C=O) groups is 4. The van der Waals surface area contributed by atoms with Crippen molar-refractivity contribution in [1.29, 1.82) is 0 Å². The summed E-state index contributed by atoms with van der Waals surface area (Å²) in [5.41, 5.74) is 1.99. The van der Waals surface area contributed by atoms with E-state index >= 15 is 0 Å². The van der Waals surface area contributed by atoms with E-state index in [2.05, 4.69) is 5.32 Å². The van der Waals surface area contributed by atoms with E-state index in [0.717, 1.165) is 16.0 Å². The van der Waals surface area contributed by atoms with Crippen molar-refractivity contribution in [3.63, 3.8) is 0 Å². The van der Waals surface area contributed by atoms with Gasteiger partial charge in [0.25, 0.3) is 5.91 Å². The summed E-state index contributed by atoms with van der Waals surface area (Å²) < 4.78 is 5.55. The summed E-state index contributed by atoms with van der Waals surface area (Å²) in [6.07, 6.45) is -1.05. The molecule has 0 spiro atoms. The molecule has 3 amide bonds. The molecule has 1 heterocycles. The minimum Gasteiger partial charge on any atom is -0.480 e. The number of nitrogens with one attached hydrogen (secondary N) is 1. The fourth-order valence-corrected chi connectivity index (χ4v) is 5.17. The topological polar surface area (TPSA) is 136 Å². The number of amides is 3. The average Bonchev–Trinajstić information content (AvgIpc) is 3.53. The van der Waals surface area contributed by atoms with Crippen molar-refractivity contribution in [2.75, 3.05) is 13.1 Å². The molecular weight excluding hydrogens is 550 g/mol. The van der Waals surface area contributed by atoms with Crippen molar-refractivity contribution in [3.8, 4) is 0 Å². The first-order valence-corrected chi connectivity index (χ1v) is 14.3. The number of aliphatic carboxylic acids is 1. The molecule has 1 aliphatic rings. The minimum atomic E-state index is -1.30. The molecule has 1 saturated heterocycles. The second kappa shape index (κ2) is 15.0. The van der Waals surface area contributed by atoms with Gasteiger partial charge in [0.1, 0.15) is 18.7 Å². The van der Waals surface area contributed by atoms with Crippen molar-refractivity contribution in [3.05, 3.63) is 108 Å². The molecule has 0 aromatic heterocycles. The molecule has 2 unspecified atom stereocenters. The molecule has 43 heavy (non-hydrogen) atoms. The molecular formula is C33H37N3O7. The number of rotatable bonds is 12. The van der Waals surface area contributed by atoms with Crippen LogP contribution in [0.5, 0.6) is 0 Å². The van der Waals surface area contributed by atoms with Crippen molar-refractivity contribution in [2.24, 2.45) is 0 Å². The number of aliphatic hydroxyl groups excluding tert-OH is 1. The second-order valence-corrected chi connectivity index (χ2v) is 10.6. The van der Waals surface area contributed by atoms with Crippen LogP contribution in [0, 0.1) is 0 Å². The summed E-state index contributed by atoms with van der Waals surface area (Å²) in [4.78, 5) is 54.3. The molecule has 3 aromatic rings. The van der Waals surface area contributed by atoms with Gasteiger partial charge in [-0.2, -0.15) is 0 Å². The summed E-state index contributed by atoms with van der Waals surface area (Å²) in [6.45, 7) is 1.33. The maximum absolute atomic E-state index is 13.5. The van der Waals surface area contributed by atoms with Gasteiger partial charge < -0.3 is 25.2 Å². The first-order chi connectivity index (χ1) is 20.7. The Balaban J connectivity index is 1.57. The lowest BCUT2D eigenvalue weighted by Crippen LogP contribution is -2.56. The van der Waals surface area contributed by atoms with Gasteiger partial charge in [-0.25, -0.2) is 9.59 Å². The number of ether oxygens (including phenoxy) is 1. The molecule has 3 aromatic carbocycles. The van der Waals surface area contributed by atoms with E-state index in [9.17, 15) is 29.4 Å². The molecule has 1 fully saturated rings. The molecule has 1 aliphatic heterocycles. The van der Waals surface area contributed by atoms with Gasteiger partial charge in [-0.1, -0.05) is 78.9 Å². The predicted octanol–water partition coefficient (Wildman–Crippen LogP) is 3.49. The van der Waals surface area contributed by atoms with Crippen LogP contribution in [-0.4, -0.2) is 81.2 Å². The summed E-state index contributed by atoms with van der Waals surface area (Å²) >= 11 is 0. The van der Waals surface area contributed by atoms with Gasteiger partial charge in [-0.3, -0.25) is 14.5 Å². The maximum atomic E-state index is 13.5. The number of benzene rings is 3. The van der Waals surface area contributed by atoms with Crippen LogP contribution in [-0.2, 0) is 27.4 Å². The van der Waals surface area contributed by atoms with Gasteiger partial charge in [0.2, 0.25) is 5.91 Å². The van der Waals surface area contributed by atoms with Gasteiger partial charge in [-0.05, 0) is 49.4 Å². The molecule has 4 atom stereocenters. The Morgan fingerprint density at radius 2 is 1.51 bits per heavy atom. The standard InChI is InChI=1S/C33H37N3O7/c1-23(31(39)35-19-11-18-28(35)32(40)41)36(33(42)43-22-25-14-7-3-8-15-25)21-29(37)27(20-24-12-5-2-6-13-24)34-30(38)26-16-9-4-10-17-26/h2-10,12-17,23,27-29,37H,11,18-22H2,1H3,(H,34,38)(H,40,41)/t23-,27?,28-,29?/m0/s1. The molecule has 10 heteroatoms. The lowest BCUT2D eigenvalue weighted by atomic mass is 9.99. The Morgan fingerprint density at radius 1 is 0.930 bits per heavy atom. The van der Waals surface area contributed by atoms with E-state index in [-0.39, 0.29) is 26.1 Å². The monoisotopic (exact) mass is 587 g/mol. The van der Waals surface area contributed by atoms with Gasteiger partial charge in [0, 0.05) is 12.1 Å². The third kappa shape index (κ3) is 8.42. The fraction of sp³-hybridized carbons (Fsp3) is 0.333. The van der Waals surface area contributed by atoms with Crippen molar-refractivity contribution in [1.82, 2.24) is 15.1 Å². The Bertz CT molecular complexity index is 1370. The largest absolute Gasteiger partial charge is 0.480 e. The smallest absolute Gasteiger partial charge is 0.410 e. The molecule has 3 N–H and O–H groups in total. The Morgan fingerprint density at radius 3 is 2.12 bits per heavy atom. The first-order valence-electron chi connectivity index (χ1n) is 14.3. The molecule has 10 nitrogen and oxygen atoms in total. The van der Waals surface area contributed by atoms with Crippen LogP contribution in [0.3, 0.4) is 0 Å².